The van der Waals surface area contributed by atoms with Crippen molar-refractivity contribution in [1.29, 1.82) is 0 Å². The number of hydrogen-bond donors (Lipinski definition) is 1. The summed E-state index contributed by atoms with van der Waals surface area (Å²) in [6, 6.07) is 6.84. The average molecular weight is 303 g/mol. The molecule has 7 heteroatoms. The zero-order chi connectivity index (χ0) is 14.8. The Balaban J connectivity index is 1.88. The SMILES string of the molecule is Cc1ccsc1C(C)Nc1cc(-n2cnnn2)ccc1F. The highest BCUT2D eigenvalue weighted by atomic mass is 32.1. The Morgan fingerprint density at radius 2 is 2.19 bits per heavy atom. The van der Waals surface area contributed by atoms with Crippen LogP contribution >= 0.6 is 11.3 Å². The molecule has 1 N–H and O–H groups in total. The van der Waals surface area contributed by atoms with Crippen LogP contribution in [0.3, 0.4) is 0 Å². The maximum atomic E-state index is 14.0. The number of rotatable bonds is 4. The lowest BCUT2D eigenvalue weighted by Gasteiger charge is -2.16. The summed E-state index contributed by atoms with van der Waals surface area (Å²) < 4.78 is 15.5. The first-order chi connectivity index (χ1) is 10.1. The van der Waals surface area contributed by atoms with Gasteiger partial charge in [-0.15, -0.1) is 16.4 Å². The van der Waals surface area contributed by atoms with Crippen molar-refractivity contribution < 1.29 is 4.39 Å². The lowest BCUT2D eigenvalue weighted by atomic mass is 10.1. The van der Waals surface area contributed by atoms with Gasteiger partial charge in [0.05, 0.1) is 17.4 Å². The van der Waals surface area contributed by atoms with Crippen molar-refractivity contribution in [2.45, 2.75) is 19.9 Å². The number of benzene rings is 1. The van der Waals surface area contributed by atoms with E-state index < -0.39 is 0 Å². The van der Waals surface area contributed by atoms with Gasteiger partial charge in [-0.1, -0.05) is 0 Å². The standard InChI is InChI=1S/C14H14FN5S/c1-9-5-6-21-14(9)10(2)17-13-7-11(3-4-12(13)15)20-8-16-18-19-20/h3-8,10,17H,1-2H3. The van der Waals surface area contributed by atoms with E-state index in [1.807, 2.05) is 12.3 Å². The Morgan fingerprint density at radius 1 is 1.33 bits per heavy atom. The van der Waals surface area contributed by atoms with Crippen LogP contribution < -0.4 is 5.32 Å². The number of anilines is 1. The third-order valence-electron chi connectivity index (χ3n) is 3.23. The maximum absolute atomic E-state index is 14.0. The van der Waals surface area contributed by atoms with Crippen molar-refractivity contribution in [3.63, 3.8) is 0 Å². The molecule has 0 amide bonds. The smallest absolute Gasteiger partial charge is 0.146 e. The van der Waals surface area contributed by atoms with Gasteiger partial charge < -0.3 is 5.32 Å². The van der Waals surface area contributed by atoms with Crippen LogP contribution in [0, 0.1) is 12.7 Å². The topological polar surface area (TPSA) is 55.6 Å². The summed E-state index contributed by atoms with van der Waals surface area (Å²) in [5.41, 5.74) is 2.35. The molecule has 5 nitrogen and oxygen atoms in total. The number of nitrogens with zero attached hydrogens (tertiary/aromatic N) is 4. The minimum Gasteiger partial charge on any atom is -0.375 e. The molecule has 2 heterocycles. The maximum Gasteiger partial charge on any atom is 0.146 e. The molecule has 0 fully saturated rings. The molecule has 1 atom stereocenters. The largest absolute Gasteiger partial charge is 0.375 e. The number of tetrazole rings is 1. The van der Waals surface area contributed by atoms with E-state index in [2.05, 4.69) is 33.8 Å². The number of aromatic nitrogens is 4. The van der Waals surface area contributed by atoms with E-state index in [-0.39, 0.29) is 11.9 Å². The van der Waals surface area contributed by atoms with Gasteiger partial charge in [-0.3, -0.25) is 0 Å². The predicted octanol–water partition coefficient (Wildman–Crippen LogP) is 3.34. The fourth-order valence-corrected chi connectivity index (χ4v) is 3.11. The van der Waals surface area contributed by atoms with Crippen LogP contribution in [0.5, 0.6) is 0 Å². The predicted molar refractivity (Wildman–Crippen MR) is 80.2 cm³/mol. The van der Waals surface area contributed by atoms with Crippen LogP contribution in [0.25, 0.3) is 5.69 Å². The van der Waals surface area contributed by atoms with E-state index in [9.17, 15) is 4.39 Å². The fourth-order valence-electron chi connectivity index (χ4n) is 2.17. The van der Waals surface area contributed by atoms with Crippen molar-refractivity contribution >= 4 is 17.0 Å². The second kappa shape index (κ2) is 5.61. The van der Waals surface area contributed by atoms with Gasteiger partial charge >= 0.3 is 0 Å². The van der Waals surface area contributed by atoms with Crippen molar-refractivity contribution in [3.8, 4) is 5.69 Å². The van der Waals surface area contributed by atoms with Gasteiger partial charge in [0.1, 0.15) is 12.1 Å². The third kappa shape index (κ3) is 2.78. The number of thiophene rings is 1. The molecule has 0 aliphatic carbocycles. The quantitative estimate of drug-likeness (QED) is 0.803. The van der Waals surface area contributed by atoms with Gasteiger partial charge in [0.25, 0.3) is 0 Å². The first-order valence-electron chi connectivity index (χ1n) is 6.48. The summed E-state index contributed by atoms with van der Waals surface area (Å²) in [5.74, 6) is -0.298. The van der Waals surface area contributed by atoms with E-state index in [1.54, 1.807) is 23.5 Å². The molecular weight excluding hydrogens is 289 g/mol. The van der Waals surface area contributed by atoms with Crippen molar-refractivity contribution in [3.05, 3.63) is 52.2 Å². The van der Waals surface area contributed by atoms with Crippen LogP contribution in [0.2, 0.25) is 0 Å². The molecule has 3 rings (SSSR count). The molecule has 3 aromatic rings. The molecule has 0 bridgehead atoms. The van der Waals surface area contributed by atoms with E-state index in [0.717, 1.165) is 0 Å². The Kier molecular flexibility index (Phi) is 3.66. The van der Waals surface area contributed by atoms with Gasteiger partial charge in [-0.25, -0.2) is 9.07 Å². The van der Waals surface area contributed by atoms with Crippen molar-refractivity contribution in [2.75, 3.05) is 5.32 Å². The molecule has 108 valence electrons. The summed E-state index contributed by atoms with van der Waals surface area (Å²) in [7, 11) is 0. The number of halogens is 1. The van der Waals surface area contributed by atoms with E-state index in [4.69, 9.17) is 0 Å². The molecule has 0 radical (unpaired) electrons. The highest BCUT2D eigenvalue weighted by molar-refractivity contribution is 7.10. The molecule has 1 aromatic carbocycles. The van der Waals surface area contributed by atoms with E-state index in [1.165, 1.54) is 27.5 Å². The lowest BCUT2D eigenvalue weighted by molar-refractivity contribution is 0.626. The monoisotopic (exact) mass is 303 g/mol. The summed E-state index contributed by atoms with van der Waals surface area (Å²) in [6.07, 6.45) is 1.48. The number of hydrogen-bond acceptors (Lipinski definition) is 5. The molecule has 0 saturated carbocycles. The third-order valence-corrected chi connectivity index (χ3v) is 4.43. The Labute approximate surface area is 125 Å². The fraction of sp³-hybridized carbons (Fsp3) is 0.214. The molecule has 0 aliphatic rings. The van der Waals surface area contributed by atoms with Gasteiger partial charge in [-0.05, 0) is 59.5 Å². The molecular formula is C14H14FN5S. The average Bonchev–Trinajstić information content (AvgIpc) is 3.12. The zero-order valence-corrected chi connectivity index (χ0v) is 12.4. The summed E-state index contributed by atoms with van der Waals surface area (Å²) in [4.78, 5) is 1.20. The lowest BCUT2D eigenvalue weighted by Crippen LogP contribution is -2.08. The van der Waals surface area contributed by atoms with Crippen LogP contribution in [-0.2, 0) is 0 Å². The highest BCUT2D eigenvalue weighted by Crippen LogP contribution is 2.28. The molecule has 1 unspecified atom stereocenters. The first-order valence-corrected chi connectivity index (χ1v) is 7.36. The first kappa shape index (κ1) is 13.7. The minimum absolute atomic E-state index is 0.0311. The Morgan fingerprint density at radius 3 is 2.86 bits per heavy atom. The highest BCUT2D eigenvalue weighted by Gasteiger charge is 2.13. The molecule has 0 spiro atoms. The molecule has 21 heavy (non-hydrogen) atoms. The van der Waals surface area contributed by atoms with Gasteiger partial charge in [0.15, 0.2) is 0 Å². The Bertz CT molecular complexity index is 738. The summed E-state index contributed by atoms with van der Waals surface area (Å²) >= 11 is 1.66. The molecule has 2 aromatic heterocycles. The molecule has 0 saturated heterocycles. The van der Waals surface area contributed by atoms with Crippen LogP contribution in [0.1, 0.15) is 23.4 Å². The Hall–Kier alpha value is -2.28. The van der Waals surface area contributed by atoms with Gasteiger partial charge in [-0.2, -0.15) is 0 Å². The van der Waals surface area contributed by atoms with Crippen LogP contribution in [-0.4, -0.2) is 20.2 Å². The van der Waals surface area contributed by atoms with Crippen LogP contribution in [0.15, 0.2) is 36.0 Å². The minimum atomic E-state index is -0.298. The zero-order valence-electron chi connectivity index (χ0n) is 11.6. The second-order valence-corrected chi connectivity index (χ2v) is 5.70. The summed E-state index contributed by atoms with van der Waals surface area (Å²) in [5, 5.41) is 16.2. The summed E-state index contributed by atoms with van der Waals surface area (Å²) in [6.45, 7) is 4.07. The van der Waals surface area contributed by atoms with Gasteiger partial charge in [0.2, 0.25) is 0 Å². The number of nitrogens with one attached hydrogen (secondary N) is 1. The molecule has 0 aliphatic heterocycles. The number of aryl methyl sites for hydroxylation is 1. The van der Waals surface area contributed by atoms with Gasteiger partial charge in [0, 0.05) is 4.88 Å². The second-order valence-electron chi connectivity index (χ2n) is 4.75. The van der Waals surface area contributed by atoms with E-state index in [0.29, 0.717) is 11.4 Å². The van der Waals surface area contributed by atoms with Crippen molar-refractivity contribution in [1.82, 2.24) is 20.2 Å². The normalized spacial score (nSPS) is 12.3. The van der Waals surface area contributed by atoms with Crippen LogP contribution in [0.4, 0.5) is 10.1 Å². The van der Waals surface area contributed by atoms with Crippen molar-refractivity contribution in [2.24, 2.45) is 0 Å². The van der Waals surface area contributed by atoms with E-state index >= 15 is 0 Å².